The van der Waals surface area contributed by atoms with Gasteiger partial charge < -0.3 is 24.3 Å². The minimum Gasteiger partial charge on any atom is -0.501 e. The molecule has 3 aromatic heterocycles. The van der Waals surface area contributed by atoms with Crippen molar-refractivity contribution in [3.05, 3.63) is 87.2 Å². The van der Waals surface area contributed by atoms with E-state index in [2.05, 4.69) is 40.4 Å². The van der Waals surface area contributed by atoms with Crippen LogP contribution in [0.2, 0.25) is 0 Å². The standard InChI is InChI=1S/C31H36N6O4/c1-19(41-6)7-8-27(32-4)34-24-13-21(17-35(5)29(24)39)22-9-10-33-28(23(22)18-38)37-12-11-36-25(30(37)40)14-20-15-31(2,3)16-26(20)36/h7-10,13-14,17,34,38H,4,11-12,15-16,18H2,1-3,5-6H3/b19-7+,27-8+. The average Bonchev–Trinajstić information content (AvgIpc) is 3.44. The molecule has 10 heteroatoms. The maximum atomic E-state index is 13.7. The molecule has 5 rings (SSSR count). The zero-order valence-electron chi connectivity index (χ0n) is 24.2. The summed E-state index contributed by atoms with van der Waals surface area (Å²) in [7, 11) is 3.22. The van der Waals surface area contributed by atoms with Crippen LogP contribution in [0.4, 0.5) is 11.5 Å². The van der Waals surface area contributed by atoms with Gasteiger partial charge in [0.15, 0.2) is 0 Å². The van der Waals surface area contributed by atoms with Crippen molar-refractivity contribution < 1.29 is 14.6 Å². The molecule has 0 fully saturated rings. The fraction of sp³-hybridized carbons (Fsp3) is 0.355. The number of aliphatic hydroxyl groups excluding tert-OH is 1. The first kappa shape index (κ1) is 28.1. The lowest BCUT2D eigenvalue weighted by molar-refractivity contribution is 0.0962. The molecule has 0 spiro atoms. The van der Waals surface area contributed by atoms with Crippen LogP contribution in [0.1, 0.15) is 48.1 Å². The number of pyridine rings is 2. The van der Waals surface area contributed by atoms with Gasteiger partial charge in [0.05, 0.1) is 19.5 Å². The van der Waals surface area contributed by atoms with Crippen molar-refractivity contribution >= 4 is 24.1 Å². The zero-order valence-corrected chi connectivity index (χ0v) is 24.2. The molecule has 3 aromatic rings. The zero-order chi connectivity index (χ0) is 29.5. The van der Waals surface area contributed by atoms with Crippen molar-refractivity contribution in [2.45, 2.75) is 46.8 Å². The summed E-state index contributed by atoms with van der Waals surface area (Å²) in [5.41, 5.74) is 5.22. The van der Waals surface area contributed by atoms with Gasteiger partial charge in [-0.2, -0.15) is 0 Å². The van der Waals surface area contributed by atoms with Crippen LogP contribution in [0.5, 0.6) is 0 Å². The van der Waals surface area contributed by atoms with Crippen molar-refractivity contribution in [3.8, 4) is 11.1 Å². The van der Waals surface area contributed by atoms with Crippen LogP contribution in [0.3, 0.4) is 0 Å². The van der Waals surface area contributed by atoms with E-state index in [4.69, 9.17) is 4.74 Å². The molecule has 1 aliphatic heterocycles. The summed E-state index contributed by atoms with van der Waals surface area (Å²) in [5.74, 6) is 1.32. The number of ether oxygens (including phenoxy) is 1. The normalized spacial score (nSPS) is 16.4. The lowest BCUT2D eigenvalue weighted by atomic mass is 9.90. The Bertz CT molecular complexity index is 1660. The summed E-state index contributed by atoms with van der Waals surface area (Å²) in [6.07, 6.45) is 8.60. The molecule has 214 valence electrons. The van der Waals surface area contributed by atoms with E-state index in [-0.39, 0.29) is 29.2 Å². The number of aliphatic imine (C=N–C) groups is 1. The number of carbonyl (C=O) groups is 1. The fourth-order valence-corrected chi connectivity index (χ4v) is 5.74. The Balaban J connectivity index is 1.51. The first-order valence-electron chi connectivity index (χ1n) is 13.6. The Kier molecular flexibility index (Phi) is 7.44. The number of anilines is 2. The number of hydrogen-bond acceptors (Lipinski definition) is 7. The number of fused-ring (bicyclic) bond motifs is 3. The molecule has 0 saturated heterocycles. The first-order chi connectivity index (χ1) is 19.6. The number of aryl methyl sites for hydroxylation is 1. The number of carbonyl (C=O) groups excluding carboxylic acids is 1. The smallest absolute Gasteiger partial charge is 0.276 e. The van der Waals surface area contributed by atoms with Gasteiger partial charge in [0.2, 0.25) is 0 Å². The Morgan fingerprint density at radius 2 is 2.02 bits per heavy atom. The van der Waals surface area contributed by atoms with Crippen LogP contribution < -0.4 is 15.8 Å². The van der Waals surface area contributed by atoms with Crippen LogP contribution in [-0.2, 0) is 37.8 Å². The molecule has 0 radical (unpaired) electrons. The topological polar surface area (TPSA) is 114 Å². The van der Waals surface area contributed by atoms with Gasteiger partial charge in [-0.3, -0.25) is 14.5 Å². The maximum Gasteiger partial charge on any atom is 0.276 e. The highest BCUT2D eigenvalue weighted by atomic mass is 16.5. The third kappa shape index (κ3) is 5.22. The van der Waals surface area contributed by atoms with Crippen LogP contribution in [0.15, 0.2) is 64.1 Å². The van der Waals surface area contributed by atoms with Crippen molar-refractivity contribution in [3.63, 3.8) is 0 Å². The molecule has 0 saturated carbocycles. The molecule has 4 heterocycles. The van der Waals surface area contributed by atoms with E-state index in [0.29, 0.717) is 52.9 Å². The van der Waals surface area contributed by atoms with E-state index < -0.39 is 0 Å². The number of rotatable bonds is 8. The summed E-state index contributed by atoms with van der Waals surface area (Å²) < 4.78 is 8.76. The fourth-order valence-electron chi connectivity index (χ4n) is 5.74. The van der Waals surface area contributed by atoms with E-state index in [1.54, 1.807) is 62.7 Å². The minimum atomic E-state index is -0.333. The van der Waals surface area contributed by atoms with Gasteiger partial charge in [0.25, 0.3) is 11.5 Å². The number of aliphatic hydroxyl groups is 1. The number of hydrogen-bond donors (Lipinski definition) is 2. The monoisotopic (exact) mass is 556 g/mol. The second kappa shape index (κ2) is 10.9. The molecule has 10 nitrogen and oxygen atoms in total. The third-order valence-corrected chi connectivity index (χ3v) is 7.80. The lowest BCUT2D eigenvalue weighted by Crippen LogP contribution is -2.41. The summed E-state index contributed by atoms with van der Waals surface area (Å²) in [5, 5.41) is 13.6. The van der Waals surface area contributed by atoms with Gasteiger partial charge in [-0.05, 0) is 73.4 Å². The average molecular weight is 557 g/mol. The van der Waals surface area contributed by atoms with Crippen LogP contribution in [-0.4, -0.2) is 45.5 Å². The number of amides is 1. The third-order valence-electron chi connectivity index (χ3n) is 7.80. The molecule has 1 amide bonds. The Hall–Kier alpha value is -4.44. The van der Waals surface area contributed by atoms with E-state index in [1.165, 1.54) is 15.8 Å². The number of nitrogens with zero attached hydrogens (tertiary/aromatic N) is 5. The van der Waals surface area contributed by atoms with Gasteiger partial charge >= 0.3 is 0 Å². The van der Waals surface area contributed by atoms with Crippen molar-refractivity contribution in [1.82, 2.24) is 14.1 Å². The second-order valence-electron chi connectivity index (χ2n) is 11.3. The number of allylic oxidation sites excluding steroid dienone is 3. The highest BCUT2D eigenvalue weighted by Gasteiger charge is 2.37. The quantitative estimate of drug-likeness (QED) is 0.246. The first-order valence-corrected chi connectivity index (χ1v) is 13.6. The largest absolute Gasteiger partial charge is 0.501 e. The molecule has 0 unspecified atom stereocenters. The predicted octanol–water partition coefficient (Wildman–Crippen LogP) is 4.03. The van der Waals surface area contributed by atoms with E-state index in [0.717, 1.165) is 12.8 Å². The Labute approximate surface area is 239 Å². The van der Waals surface area contributed by atoms with Crippen molar-refractivity contribution in [2.24, 2.45) is 17.5 Å². The van der Waals surface area contributed by atoms with Gasteiger partial charge in [-0.15, -0.1) is 0 Å². The molecule has 0 bridgehead atoms. The molecule has 2 N–H and O–H groups in total. The number of methoxy groups -OCH3 is 1. The van der Waals surface area contributed by atoms with Crippen molar-refractivity contribution in [2.75, 3.05) is 23.9 Å². The van der Waals surface area contributed by atoms with Crippen LogP contribution in [0.25, 0.3) is 11.1 Å². The molecule has 41 heavy (non-hydrogen) atoms. The molecule has 2 aliphatic rings. The summed E-state index contributed by atoms with van der Waals surface area (Å²) in [6.45, 7) is 10.7. The second-order valence-corrected chi connectivity index (χ2v) is 11.3. The van der Waals surface area contributed by atoms with E-state index >= 15 is 0 Å². The minimum absolute atomic E-state index is 0.128. The van der Waals surface area contributed by atoms with E-state index in [1.807, 2.05) is 6.07 Å². The Morgan fingerprint density at radius 3 is 2.73 bits per heavy atom. The number of aromatic nitrogens is 3. The van der Waals surface area contributed by atoms with Crippen molar-refractivity contribution in [1.29, 1.82) is 0 Å². The highest BCUT2D eigenvalue weighted by molar-refractivity contribution is 6.06. The molecule has 0 aromatic carbocycles. The predicted molar refractivity (Wildman–Crippen MR) is 160 cm³/mol. The summed E-state index contributed by atoms with van der Waals surface area (Å²) in [4.78, 5) is 36.9. The van der Waals surface area contributed by atoms with Gasteiger partial charge in [0.1, 0.15) is 23.0 Å². The van der Waals surface area contributed by atoms with Crippen LogP contribution >= 0.6 is 0 Å². The molecular weight excluding hydrogens is 520 g/mol. The summed E-state index contributed by atoms with van der Waals surface area (Å²) >= 11 is 0. The number of nitrogens with one attached hydrogen (secondary N) is 1. The highest BCUT2D eigenvalue weighted by Crippen LogP contribution is 2.40. The van der Waals surface area contributed by atoms with Gasteiger partial charge in [-0.25, -0.2) is 9.98 Å². The van der Waals surface area contributed by atoms with Gasteiger partial charge in [0, 0.05) is 49.4 Å². The van der Waals surface area contributed by atoms with E-state index in [9.17, 15) is 14.7 Å². The molecular formula is C31H36N6O4. The summed E-state index contributed by atoms with van der Waals surface area (Å²) in [6, 6.07) is 5.50. The van der Waals surface area contributed by atoms with Crippen LogP contribution in [0, 0.1) is 5.41 Å². The maximum absolute atomic E-state index is 13.7. The molecule has 1 aliphatic carbocycles. The van der Waals surface area contributed by atoms with Gasteiger partial charge in [-0.1, -0.05) is 13.8 Å². The Morgan fingerprint density at radius 1 is 1.24 bits per heavy atom. The molecule has 0 atom stereocenters. The SMILES string of the molecule is C=N/C(=C\C=C(/C)OC)Nc1cc(-c2ccnc(N3CCn4c(cc5c4CC(C)(C)C5)C3=O)c2CO)cn(C)c1=O. The lowest BCUT2D eigenvalue weighted by Gasteiger charge is -2.31.